The average molecular weight is 214 g/mol. The highest BCUT2D eigenvalue weighted by Gasteiger charge is 2.18. The van der Waals surface area contributed by atoms with Gasteiger partial charge in [-0.15, -0.1) is 0 Å². The Bertz CT molecular complexity index is 360. The Balaban J connectivity index is 2.96. The Morgan fingerprint density at radius 2 is 2.07 bits per heavy atom. The SMILES string of the molecule is CCC(OC)C(=O)c1ccc(F)c(F)c1. The summed E-state index contributed by atoms with van der Waals surface area (Å²) < 4.78 is 30.4. The van der Waals surface area contributed by atoms with E-state index in [0.29, 0.717) is 6.42 Å². The number of methoxy groups -OCH3 is 1. The fourth-order valence-corrected chi connectivity index (χ4v) is 1.29. The van der Waals surface area contributed by atoms with Gasteiger partial charge in [0.15, 0.2) is 17.4 Å². The molecule has 1 unspecified atom stereocenters. The molecular formula is C11H12F2O2. The molecule has 82 valence electrons. The highest BCUT2D eigenvalue weighted by atomic mass is 19.2. The number of benzene rings is 1. The van der Waals surface area contributed by atoms with Gasteiger partial charge in [-0.1, -0.05) is 6.92 Å². The molecule has 1 rings (SSSR count). The quantitative estimate of drug-likeness (QED) is 0.720. The van der Waals surface area contributed by atoms with E-state index < -0.39 is 17.7 Å². The number of Topliss-reactive ketones (excluding diaryl/α,β-unsaturated/α-hetero) is 1. The van der Waals surface area contributed by atoms with E-state index in [4.69, 9.17) is 4.74 Å². The molecule has 0 aliphatic carbocycles. The summed E-state index contributed by atoms with van der Waals surface area (Å²) >= 11 is 0. The van der Waals surface area contributed by atoms with Crippen molar-refractivity contribution in [3.05, 3.63) is 35.4 Å². The fraction of sp³-hybridized carbons (Fsp3) is 0.364. The van der Waals surface area contributed by atoms with Crippen molar-refractivity contribution in [2.75, 3.05) is 7.11 Å². The van der Waals surface area contributed by atoms with Gasteiger partial charge in [0, 0.05) is 12.7 Å². The molecule has 1 aromatic carbocycles. The molecule has 4 heteroatoms. The lowest BCUT2D eigenvalue weighted by atomic mass is 10.0. The van der Waals surface area contributed by atoms with Crippen molar-refractivity contribution in [3.63, 3.8) is 0 Å². The summed E-state index contributed by atoms with van der Waals surface area (Å²) in [5.41, 5.74) is 0.127. The molecule has 0 saturated heterocycles. The van der Waals surface area contributed by atoms with Crippen LogP contribution >= 0.6 is 0 Å². The van der Waals surface area contributed by atoms with Gasteiger partial charge in [0.05, 0.1) is 0 Å². The zero-order valence-corrected chi connectivity index (χ0v) is 8.59. The van der Waals surface area contributed by atoms with Crippen LogP contribution in [0, 0.1) is 11.6 Å². The van der Waals surface area contributed by atoms with Crippen LogP contribution in [0.3, 0.4) is 0 Å². The van der Waals surface area contributed by atoms with Crippen molar-refractivity contribution in [1.82, 2.24) is 0 Å². The zero-order valence-electron chi connectivity index (χ0n) is 8.59. The van der Waals surface area contributed by atoms with Crippen molar-refractivity contribution in [2.45, 2.75) is 19.4 Å². The van der Waals surface area contributed by atoms with Crippen LogP contribution in [0.4, 0.5) is 8.78 Å². The Hall–Kier alpha value is -1.29. The van der Waals surface area contributed by atoms with Crippen LogP contribution in [0.1, 0.15) is 23.7 Å². The summed E-state index contributed by atoms with van der Waals surface area (Å²) in [7, 11) is 1.41. The van der Waals surface area contributed by atoms with E-state index in [1.54, 1.807) is 6.92 Å². The van der Waals surface area contributed by atoms with Gasteiger partial charge < -0.3 is 4.74 Å². The Kier molecular flexibility index (Phi) is 3.91. The van der Waals surface area contributed by atoms with Gasteiger partial charge in [0.1, 0.15) is 6.10 Å². The molecule has 15 heavy (non-hydrogen) atoms. The highest BCUT2D eigenvalue weighted by molar-refractivity contribution is 5.99. The van der Waals surface area contributed by atoms with Crippen LogP contribution < -0.4 is 0 Å². The Labute approximate surface area is 86.9 Å². The van der Waals surface area contributed by atoms with E-state index in [0.717, 1.165) is 12.1 Å². The number of halogens is 2. The zero-order chi connectivity index (χ0) is 11.4. The molecule has 0 spiro atoms. The second-order valence-corrected chi connectivity index (χ2v) is 3.13. The molecule has 0 heterocycles. The van der Waals surface area contributed by atoms with Crippen LogP contribution in [0.15, 0.2) is 18.2 Å². The summed E-state index contributed by atoms with van der Waals surface area (Å²) in [6.07, 6.45) is -0.108. The predicted molar refractivity (Wildman–Crippen MR) is 51.8 cm³/mol. The minimum absolute atomic E-state index is 0.127. The second-order valence-electron chi connectivity index (χ2n) is 3.13. The Morgan fingerprint density at radius 1 is 1.40 bits per heavy atom. The third-order valence-corrected chi connectivity index (χ3v) is 2.15. The van der Waals surface area contributed by atoms with Crippen LogP contribution in [0.5, 0.6) is 0 Å². The standard InChI is InChI=1S/C11H12F2O2/c1-3-10(15-2)11(14)7-4-5-8(12)9(13)6-7/h4-6,10H,3H2,1-2H3. The van der Waals surface area contributed by atoms with Crippen molar-refractivity contribution in [2.24, 2.45) is 0 Å². The van der Waals surface area contributed by atoms with E-state index >= 15 is 0 Å². The maximum Gasteiger partial charge on any atom is 0.191 e. The van der Waals surface area contributed by atoms with Gasteiger partial charge in [-0.2, -0.15) is 0 Å². The first-order chi connectivity index (χ1) is 7.10. The van der Waals surface area contributed by atoms with Crippen LogP contribution in [-0.4, -0.2) is 19.0 Å². The van der Waals surface area contributed by atoms with Crippen molar-refractivity contribution in [3.8, 4) is 0 Å². The molecule has 0 aromatic heterocycles. The van der Waals surface area contributed by atoms with E-state index in [1.165, 1.54) is 13.2 Å². The lowest BCUT2D eigenvalue weighted by Gasteiger charge is -2.11. The van der Waals surface area contributed by atoms with Crippen LogP contribution in [-0.2, 0) is 4.74 Å². The van der Waals surface area contributed by atoms with Crippen LogP contribution in [0.2, 0.25) is 0 Å². The number of ketones is 1. The lowest BCUT2D eigenvalue weighted by molar-refractivity contribution is 0.0595. The molecule has 0 bridgehead atoms. The lowest BCUT2D eigenvalue weighted by Crippen LogP contribution is -2.22. The maximum absolute atomic E-state index is 12.8. The third-order valence-electron chi connectivity index (χ3n) is 2.15. The molecule has 1 atom stereocenters. The number of rotatable bonds is 4. The topological polar surface area (TPSA) is 26.3 Å². The monoisotopic (exact) mass is 214 g/mol. The van der Waals surface area contributed by atoms with Gasteiger partial charge in [0.25, 0.3) is 0 Å². The molecule has 0 radical (unpaired) electrons. The number of carbonyl (C=O) groups excluding carboxylic acids is 1. The number of ether oxygens (including phenoxy) is 1. The van der Waals surface area contributed by atoms with E-state index in [9.17, 15) is 13.6 Å². The summed E-state index contributed by atoms with van der Waals surface area (Å²) in [5.74, 6) is -2.32. The molecule has 1 aromatic rings. The van der Waals surface area contributed by atoms with Gasteiger partial charge in [-0.3, -0.25) is 4.79 Å². The summed E-state index contributed by atoms with van der Waals surface area (Å²) in [4.78, 5) is 11.7. The van der Waals surface area contributed by atoms with Crippen molar-refractivity contribution in [1.29, 1.82) is 0 Å². The fourth-order valence-electron chi connectivity index (χ4n) is 1.29. The molecule has 0 N–H and O–H groups in total. The molecule has 0 fully saturated rings. The molecule has 0 aliphatic heterocycles. The largest absolute Gasteiger partial charge is 0.373 e. The normalized spacial score (nSPS) is 12.5. The molecule has 0 saturated carbocycles. The number of hydrogen-bond acceptors (Lipinski definition) is 2. The van der Waals surface area contributed by atoms with Gasteiger partial charge in [-0.25, -0.2) is 8.78 Å². The first-order valence-electron chi connectivity index (χ1n) is 4.62. The van der Waals surface area contributed by atoms with Crippen LogP contribution in [0.25, 0.3) is 0 Å². The first kappa shape index (κ1) is 11.8. The molecule has 0 aliphatic rings. The van der Waals surface area contributed by atoms with Gasteiger partial charge in [-0.05, 0) is 24.6 Å². The van der Waals surface area contributed by atoms with E-state index in [-0.39, 0.29) is 11.3 Å². The molecular weight excluding hydrogens is 202 g/mol. The highest BCUT2D eigenvalue weighted by Crippen LogP contribution is 2.13. The third kappa shape index (κ3) is 2.59. The average Bonchev–Trinajstić information content (AvgIpc) is 2.23. The van der Waals surface area contributed by atoms with Gasteiger partial charge >= 0.3 is 0 Å². The maximum atomic E-state index is 12.8. The van der Waals surface area contributed by atoms with Gasteiger partial charge in [0.2, 0.25) is 0 Å². The number of carbonyl (C=O) groups is 1. The molecule has 2 nitrogen and oxygen atoms in total. The van der Waals surface area contributed by atoms with E-state index in [2.05, 4.69) is 0 Å². The van der Waals surface area contributed by atoms with Crippen molar-refractivity contribution < 1.29 is 18.3 Å². The first-order valence-corrected chi connectivity index (χ1v) is 4.62. The number of hydrogen-bond donors (Lipinski definition) is 0. The Morgan fingerprint density at radius 3 is 2.53 bits per heavy atom. The summed E-state index contributed by atoms with van der Waals surface area (Å²) in [6, 6.07) is 3.08. The summed E-state index contributed by atoms with van der Waals surface area (Å²) in [5, 5.41) is 0. The minimum Gasteiger partial charge on any atom is -0.373 e. The van der Waals surface area contributed by atoms with Crippen molar-refractivity contribution >= 4 is 5.78 Å². The second kappa shape index (κ2) is 4.98. The smallest absolute Gasteiger partial charge is 0.191 e. The predicted octanol–water partition coefficient (Wildman–Crippen LogP) is 2.57. The molecule has 0 amide bonds. The minimum atomic E-state index is -1.02. The van der Waals surface area contributed by atoms with E-state index in [1.807, 2.05) is 0 Å². The summed E-state index contributed by atoms with van der Waals surface area (Å²) in [6.45, 7) is 1.78.